The second kappa shape index (κ2) is 6.04. The molecule has 0 spiro atoms. The third kappa shape index (κ3) is 3.31. The third-order valence-corrected chi connectivity index (χ3v) is 2.78. The van der Waals surface area contributed by atoms with Crippen LogP contribution in [0.15, 0.2) is 0 Å². The zero-order valence-electron chi connectivity index (χ0n) is 8.32. The van der Waals surface area contributed by atoms with Crippen LogP contribution in [-0.2, 0) is 9.45 Å². The molecular weight excluding hydrogens is 181 g/mol. The monoisotopic (exact) mass is 198 g/mol. The van der Waals surface area contributed by atoms with Crippen molar-refractivity contribution >= 4 is 13.5 Å². The van der Waals surface area contributed by atoms with Gasteiger partial charge in [0, 0.05) is 0 Å². The highest BCUT2D eigenvalue weighted by atomic mass is 16.4. The van der Waals surface area contributed by atoms with Crippen LogP contribution in [0.5, 0.6) is 0 Å². The van der Waals surface area contributed by atoms with Crippen LogP contribution in [0.2, 0.25) is 5.82 Å². The van der Waals surface area contributed by atoms with Crippen molar-refractivity contribution in [1.82, 2.24) is 0 Å². The molecule has 1 atom stereocenters. The predicted octanol–water partition coefficient (Wildman–Crippen LogP) is 0.992. The Labute approximate surface area is 85.1 Å². The molecule has 1 radical (unpaired) electrons. The van der Waals surface area contributed by atoms with E-state index in [0.29, 0.717) is 0 Å². The summed E-state index contributed by atoms with van der Waals surface area (Å²) >= 11 is 0. The first kappa shape index (κ1) is 11.5. The summed E-state index contributed by atoms with van der Waals surface area (Å²) in [5.41, 5.74) is 5.16. The third-order valence-electron chi connectivity index (χ3n) is 2.78. The van der Waals surface area contributed by atoms with Crippen LogP contribution in [-0.4, -0.2) is 25.3 Å². The van der Waals surface area contributed by atoms with Gasteiger partial charge in [-0.05, 0) is 5.92 Å². The lowest BCUT2D eigenvalue weighted by Crippen LogP contribution is -2.28. The summed E-state index contributed by atoms with van der Waals surface area (Å²) in [5, 5.41) is 9.00. The molecule has 1 aliphatic rings. The molecule has 1 saturated carbocycles. The van der Waals surface area contributed by atoms with E-state index in [2.05, 4.69) is 0 Å². The van der Waals surface area contributed by atoms with Gasteiger partial charge in [0.15, 0.2) is 0 Å². The Bertz CT molecular complexity index is 183. The van der Waals surface area contributed by atoms with Crippen LogP contribution >= 0.6 is 0 Å². The van der Waals surface area contributed by atoms with E-state index in [1.54, 1.807) is 0 Å². The highest BCUT2D eigenvalue weighted by molar-refractivity contribution is 6.36. The average molecular weight is 198 g/mol. The quantitative estimate of drug-likeness (QED) is 0.510. The van der Waals surface area contributed by atoms with E-state index in [9.17, 15) is 4.79 Å². The summed E-state index contributed by atoms with van der Waals surface area (Å²) in [4.78, 5) is 11.0. The number of aliphatic carboxylic acids is 1. The molecule has 0 saturated heterocycles. The van der Waals surface area contributed by atoms with Gasteiger partial charge in [-0.15, -0.1) is 0 Å². The number of carbonyl (C=O) groups is 1. The van der Waals surface area contributed by atoms with Crippen molar-refractivity contribution in [3.63, 3.8) is 0 Å². The van der Waals surface area contributed by atoms with Crippen molar-refractivity contribution in [2.75, 3.05) is 6.73 Å². The lowest BCUT2D eigenvalue weighted by Gasteiger charge is -2.26. The van der Waals surface area contributed by atoms with Gasteiger partial charge in [0.1, 0.15) is 0 Å². The van der Waals surface area contributed by atoms with Crippen LogP contribution in [0.1, 0.15) is 32.1 Å². The number of hydrogen-bond donors (Lipinski definition) is 2. The Morgan fingerprint density at radius 3 is 2.64 bits per heavy atom. The molecule has 14 heavy (non-hydrogen) atoms. The normalized spacial score (nSPS) is 20.4. The molecule has 79 valence electrons. The van der Waals surface area contributed by atoms with Crippen molar-refractivity contribution in [2.24, 2.45) is 11.7 Å². The van der Waals surface area contributed by atoms with Crippen LogP contribution in [0.25, 0.3) is 0 Å². The molecule has 1 aliphatic carbocycles. The van der Waals surface area contributed by atoms with E-state index in [-0.39, 0.29) is 12.6 Å². The SMILES string of the molecule is NCO[B]C(C(=O)O)C1CCCCC1. The van der Waals surface area contributed by atoms with E-state index >= 15 is 0 Å². The van der Waals surface area contributed by atoms with Gasteiger partial charge in [0.05, 0.1) is 12.5 Å². The summed E-state index contributed by atoms with van der Waals surface area (Å²) in [6.07, 6.45) is 5.46. The second-order valence-electron chi connectivity index (χ2n) is 3.73. The van der Waals surface area contributed by atoms with Gasteiger partial charge in [0.25, 0.3) is 0 Å². The standard InChI is InChI=1S/C9H17BNO3/c11-6-14-10-8(9(12)13)7-4-2-1-3-5-7/h7-8H,1-6,11H2,(H,12,13). The molecule has 0 amide bonds. The van der Waals surface area contributed by atoms with E-state index in [0.717, 1.165) is 25.7 Å². The van der Waals surface area contributed by atoms with Gasteiger partial charge < -0.3 is 15.5 Å². The Kier molecular flexibility index (Phi) is 4.97. The van der Waals surface area contributed by atoms with Gasteiger partial charge in [0.2, 0.25) is 0 Å². The summed E-state index contributed by atoms with van der Waals surface area (Å²) < 4.78 is 4.88. The van der Waals surface area contributed by atoms with Crippen LogP contribution in [0, 0.1) is 5.92 Å². The number of carboxylic acids is 1. The first-order valence-electron chi connectivity index (χ1n) is 5.13. The van der Waals surface area contributed by atoms with Crippen molar-refractivity contribution in [3.05, 3.63) is 0 Å². The summed E-state index contributed by atoms with van der Waals surface area (Å²) in [6.45, 7) is 0.0521. The number of rotatable bonds is 5. The number of nitrogens with two attached hydrogens (primary N) is 1. The number of carboxylic acid groups (broad SMARTS) is 1. The minimum Gasteiger partial charge on any atom is -0.481 e. The van der Waals surface area contributed by atoms with Gasteiger partial charge in [-0.1, -0.05) is 32.1 Å². The first-order valence-corrected chi connectivity index (χ1v) is 5.13. The smallest absolute Gasteiger partial charge is 0.309 e. The molecule has 0 heterocycles. The Morgan fingerprint density at radius 1 is 1.50 bits per heavy atom. The molecule has 0 aromatic rings. The van der Waals surface area contributed by atoms with Crippen molar-refractivity contribution in [3.8, 4) is 0 Å². The first-order chi connectivity index (χ1) is 6.75. The lowest BCUT2D eigenvalue weighted by atomic mass is 9.66. The molecule has 5 heteroatoms. The molecule has 1 unspecified atom stereocenters. The Morgan fingerprint density at radius 2 is 2.14 bits per heavy atom. The molecular formula is C9H17BNO3. The van der Waals surface area contributed by atoms with Crippen molar-refractivity contribution in [1.29, 1.82) is 0 Å². The Hall–Kier alpha value is -0.545. The maximum Gasteiger partial charge on any atom is 0.309 e. The Balaban J connectivity index is 2.43. The maximum absolute atomic E-state index is 11.0. The summed E-state index contributed by atoms with van der Waals surface area (Å²) in [7, 11) is 1.39. The van der Waals surface area contributed by atoms with Crippen molar-refractivity contribution < 1.29 is 14.6 Å². The summed E-state index contributed by atoms with van der Waals surface area (Å²) in [6, 6.07) is 0. The van der Waals surface area contributed by atoms with Gasteiger partial charge in [-0.3, -0.25) is 4.79 Å². The van der Waals surface area contributed by atoms with E-state index < -0.39 is 11.8 Å². The predicted molar refractivity (Wildman–Crippen MR) is 53.9 cm³/mol. The highest BCUT2D eigenvalue weighted by Gasteiger charge is 2.30. The molecule has 0 bridgehead atoms. The molecule has 1 fully saturated rings. The molecule has 0 aromatic heterocycles. The van der Waals surface area contributed by atoms with E-state index in [1.807, 2.05) is 0 Å². The fourth-order valence-corrected chi connectivity index (χ4v) is 2.02. The molecule has 0 aromatic carbocycles. The van der Waals surface area contributed by atoms with E-state index in [1.165, 1.54) is 13.9 Å². The van der Waals surface area contributed by atoms with E-state index in [4.69, 9.17) is 15.5 Å². The topological polar surface area (TPSA) is 72.5 Å². The average Bonchev–Trinajstić information content (AvgIpc) is 2.19. The summed E-state index contributed by atoms with van der Waals surface area (Å²) in [5.74, 6) is -1.06. The molecule has 0 aliphatic heterocycles. The molecule has 1 rings (SSSR count). The fourth-order valence-electron chi connectivity index (χ4n) is 2.02. The fraction of sp³-hybridized carbons (Fsp3) is 0.889. The minimum absolute atomic E-state index is 0.0521. The lowest BCUT2D eigenvalue weighted by molar-refractivity contribution is -0.138. The van der Waals surface area contributed by atoms with Crippen LogP contribution < -0.4 is 5.73 Å². The van der Waals surface area contributed by atoms with Crippen molar-refractivity contribution in [2.45, 2.75) is 37.9 Å². The maximum atomic E-state index is 11.0. The van der Waals surface area contributed by atoms with Gasteiger partial charge >= 0.3 is 13.5 Å². The second-order valence-corrected chi connectivity index (χ2v) is 3.73. The van der Waals surface area contributed by atoms with Gasteiger partial charge in [-0.2, -0.15) is 0 Å². The van der Waals surface area contributed by atoms with Crippen LogP contribution in [0.3, 0.4) is 0 Å². The molecule has 4 nitrogen and oxygen atoms in total. The largest absolute Gasteiger partial charge is 0.481 e. The zero-order valence-corrected chi connectivity index (χ0v) is 8.32. The molecule has 3 N–H and O–H groups in total. The van der Waals surface area contributed by atoms with Gasteiger partial charge in [-0.25, -0.2) is 0 Å². The minimum atomic E-state index is -0.801. The highest BCUT2D eigenvalue weighted by Crippen LogP contribution is 2.33. The number of hydrogen-bond acceptors (Lipinski definition) is 3. The van der Waals surface area contributed by atoms with Crippen LogP contribution in [0.4, 0.5) is 0 Å². The zero-order chi connectivity index (χ0) is 10.4.